The number of urea groups is 1. The smallest absolute Gasteiger partial charge is 0.475 e. The van der Waals surface area contributed by atoms with Crippen LogP contribution in [-0.2, 0) is 17.6 Å². The second-order valence-corrected chi connectivity index (χ2v) is 14.9. The molecule has 0 radical (unpaired) electrons. The highest BCUT2D eigenvalue weighted by molar-refractivity contribution is 7.19. The van der Waals surface area contributed by atoms with E-state index in [-0.39, 0.29) is 29.5 Å². The van der Waals surface area contributed by atoms with Gasteiger partial charge < -0.3 is 25.7 Å². The summed E-state index contributed by atoms with van der Waals surface area (Å²) < 4.78 is 31.7. The number of thiazole rings is 1. The standard InChI is InChI=1S/C32H42N6O3S.C2HF3O2/c1-32(2,3)22-7-8-25-21(17-22)19-27-29(35-25)42-30(36-27)28(40)34-26(11-15-37-13-9-24(39)10-14-37)20-5-4-6-23(18-20)38-16-12-33-31(38)41;3-2(4,5)1(6)7/h4-6,18-19,22,24,26,39H,7-17H2,1-3H3,(H,33,41)(H,34,40);(H,6,7)/t22-,26+;/m0./s1. The van der Waals surface area contributed by atoms with Crippen molar-refractivity contribution in [3.63, 3.8) is 0 Å². The number of aliphatic carboxylic acids is 1. The fraction of sp³-hybridized carbons (Fsp3) is 0.559. The Morgan fingerprint density at radius 1 is 1.10 bits per heavy atom. The number of likely N-dealkylation sites (tertiary alicyclic amines) is 1. The highest BCUT2D eigenvalue weighted by Gasteiger charge is 2.38. The van der Waals surface area contributed by atoms with Gasteiger partial charge in [0.25, 0.3) is 5.91 Å². The van der Waals surface area contributed by atoms with Crippen LogP contribution in [0.3, 0.4) is 0 Å². The van der Waals surface area contributed by atoms with E-state index in [1.54, 1.807) is 4.90 Å². The molecule has 1 aliphatic carbocycles. The maximum Gasteiger partial charge on any atom is 0.490 e. The van der Waals surface area contributed by atoms with E-state index in [2.05, 4.69) is 42.4 Å². The number of aliphatic hydroxyl groups excluding tert-OH is 1. The topological polar surface area (TPSA) is 148 Å². The van der Waals surface area contributed by atoms with Crippen LogP contribution < -0.4 is 15.5 Å². The number of amides is 3. The largest absolute Gasteiger partial charge is 0.490 e. The van der Waals surface area contributed by atoms with E-state index in [0.29, 0.717) is 30.4 Å². The second-order valence-electron chi connectivity index (χ2n) is 13.9. The Kier molecular flexibility index (Phi) is 11.1. The lowest BCUT2D eigenvalue weighted by molar-refractivity contribution is -0.192. The number of rotatable bonds is 7. The third kappa shape index (κ3) is 9.25. The number of piperidine rings is 1. The van der Waals surface area contributed by atoms with Crippen molar-refractivity contribution < 1.29 is 37.8 Å². The molecule has 0 bridgehead atoms. The fourth-order valence-electron chi connectivity index (χ4n) is 6.47. The summed E-state index contributed by atoms with van der Waals surface area (Å²) in [5, 5.41) is 23.6. The minimum Gasteiger partial charge on any atom is -0.475 e. The molecule has 6 rings (SSSR count). The molecular weight excluding hydrogens is 661 g/mol. The number of pyridine rings is 1. The van der Waals surface area contributed by atoms with Gasteiger partial charge in [-0.3, -0.25) is 9.69 Å². The number of fused-ring (bicyclic) bond motifs is 2. The van der Waals surface area contributed by atoms with Gasteiger partial charge in [0.15, 0.2) is 5.01 Å². The van der Waals surface area contributed by atoms with Crippen LogP contribution in [0.1, 0.15) is 79.1 Å². The third-order valence-corrected chi connectivity index (χ3v) is 10.4. The number of anilines is 1. The number of carbonyl (C=O) groups is 3. The fourth-order valence-corrected chi connectivity index (χ4v) is 7.32. The molecule has 4 N–H and O–H groups in total. The van der Waals surface area contributed by atoms with Gasteiger partial charge in [-0.15, -0.1) is 0 Å². The molecule has 3 amide bonds. The predicted molar refractivity (Wildman–Crippen MR) is 180 cm³/mol. The minimum atomic E-state index is -5.08. The second kappa shape index (κ2) is 15.0. The molecular formula is C34H43F3N6O5S. The zero-order valence-electron chi connectivity index (χ0n) is 27.8. The molecule has 0 unspecified atom stereocenters. The Morgan fingerprint density at radius 3 is 2.45 bits per heavy atom. The van der Waals surface area contributed by atoms with Crippen molar-refractivity contribution in [1.82, 2.24) is 25.5 Å². The van der Waals surface area contributed by atoms with Crippen LogP contribution in [0.25, 0.3) is 10.3 Å². The average Bonchev–Trinajstić information content (AvgIpc) is 3.67. The van der Waals surface area contributed by atoms with Crippen molar-refractivity contribution >= 4 is 45.3 Å². The molecule has 2 fully saturated rings. The zero-order chi connectivity index (χ0) is 35.5. The van der Waals surface area contributed by atoms with Gasteiger partial charge >= 0.3 is 18.2 Å². The van der Waals surface area contributed by atoms with Gasteiger partial charge in [-0.05, 0) is 79.2 Å². The van der Waals surface area contributed by atoms with Crippen molar-refractivity contribution in [2.24, 2.45) is 11.3 Å². The Morgan fingerprint density at radius 2 is 1.82 bits per heavy atom. The van der Waals surface area contributed by atoms with Gasteiger partial charge in [0.2, 0.25) is 0 Å². The van der Waals surface area contributed by atoms with E-state index in [1.165, 1.54) is 16.9 Å². The van der Waals surface area contributed by atoms with Crippen LogP contribution in [-0.4, -0.2) is 88.0 Å². The first kappa shape index (κ1) is 36.5. The van der Waals surface area contributed by atoms with Crippen molar-refractivity contribution in [1.29, 1.82) is 0 Å². The average molecular weight is 705 g/mol. The van der Waals surface area contributed by atoms with Crippen LogP contribution in [0.5, 0.6) is 0 Å². The first-order valence-electron chi connectivity index (χ1n) is 16.5. The van der Waals surface area contributed by atoms with Crippen molar-refractivity contribution in [3.05, 3.63) is 52.2 Å². The molecule has 15 heteroatoms. The number of nitrogens with zero attached hydrogens (tertiary/aromatic N) is 4. The highest BCUT2D eigenvalue weighted by Crippen LogP contribution is 2.38. The van der Waals surface area contributed by atoms with E-state index in [9.17, 15) is 27.9 Å². The number of aliphatic hydroxyl groups is 1. The van der Waals surface area contributed by atoms with Crippen molar-refractivity contribution in [3.8, 4) is 0 Å². The van der Waals surface area contributed by atoms with E-state index >= 15 is 0 Å². The van der Waals surface area contributed by atoms with Gasteiger partial charge in [0.1, 0.15) is 10.3 Å². The van der Waals surface area contributed by atoms with Gasteiger partial charge in [-0.1, -0.05) is 44.2 Å². The molecule has 1 aromatic carbocycles. The van der Waals surface area contributed by atoms with Crippen molar-refractivity contribution in [2.75, 3.05) is 37.6 Å². The molecule has 3 aromatic rings. The summed E-state index contributed by atoms with van der Waals surface area (Å²) in [5.74, 6) is -2.35. The number of hydrogen-bond donors (Lipinski definition) is 4. The first-order chi connectivity index (χ1) is 23.1. The molecule has 266 valence electrons. The normalized spacial score (nSPS) is 19.5. The Bertz CT molecular complexity index is 1670. The van der Waals surface area contributed by atoms with Gasteiger partial charge in [-0.25, -0.2) is 19.6 Å². The van der Waals surface area contributed by atoms with Gasteiger partial charge in [0.05, 0.1) is 12.1 Å². The van der Waals surface area contributed by atoms with Crippen LogP contribution in [0.15, 0.2) is 30.3 Å². The van der Waals surface area contributed by atoms with E-state index < -0.39 is 12.1 Å². The quantitative estimate of drug-likeness (QED) is 0.258. The summed E-state index contributed by atoms with van der Waals surface area (Å²) in [7, 11) is 0. The summed E-state index contributed by atoms with van der Waals surface area (Å²) >= 11 is 1.36. The summed E-state index contributed by atoms with van der Waals surface area (Å²) in [6.45, 7) is 10.7. The maximum atomic E-state index is 13.7. The summed E-state index contributed by atoms with van der Waals surface area (Å²) in [6.07, 6.45) is 0.0545. The Hall–Kier alpha value is -3.82. The van der Waals surface area contributed by atoms with Crippen LogP contribution in [0.2, 0.25) is 0 Å². The predicted octanol–water partition coefficient (Wildman–Crippen LogP) is 5.32. The summed E-state index contributed by atoms with van der Waals surface area (Å²) in [6, 6.07) is 9.70. The van der Waals surface area contributed by atoms with E-state index in [0.717, 1.165) is 79.0 Å². The number of hydrogen-bond acceptors (Lipinski definition) is 8. The van der Waals surface area contributed by atoms with Crippen LogP contribution in [0.4, 0.5) is 23.7 Å². The molecule has 49 heavy (non-hydrogen) atoms. The summed E-state index contributed by atoms with van der Waals surface area (Å²) in [4.78, 5) is 49.5. The number of alkyl halides is 3. The lowest BCUT2D eigenvalue weighted by Gasteiger charge is -2.34. The number of nitrogens with one attached hydrogen (secondary N) is 2. The van der Waals surface area contributed by atoms with Crippen LogP contribution >= 0.6 is 11.3 Å². The zero-order valence-corrected chi connectivity index (χ0v) is 28.7. The summed E-state index contributed by atoms with van der Waals surface area (Å²) in [5.41, 5.74) is 5.23. The molecule has 4 heterocycles. The minimum absolute atomic E-state index is 0.0990. The molecule has 0 saturated carbocycles. The van der Waals surface area contributed by atoms with E-state index in [1.807, 2.05) is 24.3 Å². The Balaban J connectivity index is 0.000000606. The van der Waals surface area contributed by atoms with Crippen LogP contribution in [0, 0.1) is 11.3 Å². The first-order valence-corrected chi connectivity index (χ1v) is 17.4. The van der Waals surface area contributed by atoms with E-state index in [4.69, 9.17) is 19.9 Å². The number of carbonyl (C=O) groups excluding carboxylic acids is 2. The number of carboxylic acids is 1. The molecule has 0 spiro atoms. The third-order valence-electron chi connectivity index (χ3n) is 9.45. The Labute approximate surface area is 286 Å². The molecule has 11 nitrogen and oxygen atoms in total. The molecule has 2 saturated heterocycles. The maximum absolute atomic E-state index is 13.7. The lowest BCUT2D eigenvalue weighted by atomic mass is 9.71. The SMILES string of the molecule is CC(C)(C)[C@H]1CCc2nc3sc(C(=O)N[C@H](CCN4CCC(O)CC4)c4cccc(N5CCNC5=O)c4)nc3cc2C1.O=C(O)C(F)(F)F. The molecule has 2 atom stereocenters. The molecule has 3 aliphatic rings. The number of carboxylic acid groups (broad SMARTS) is 1. The number of benzene rings is 1. The van der Waals surface area contributed by atoms with Gasteiger partial charge in [-0.2, -0.15) is 13.2 Å². The molecule has 2 aliphatic heterocycles. The number of aromatic nitrogens is 2. The number of aryl methyl sites for hydroxylation is 1. The van der Waals surface area contributed by atoms with Crippen molar-refractivity contribution in [2.45, 2.75) is 77.6 Å². The lowest BCUT2D eigenvalue weighted by Crippen LogP contribution is -2.38. The molecule has 2 aromatic heterocycles. The monoisotopic (exact) mass is 704 g/mol. The number of halogens is 3. The van der Waals surface area contributed by atoms with Gasteiger partial charge in [0, 0.05) is 44.1 Å². The highest BCUT2D eigenvalue weighted by atomic mass is 32.1.